The summed E-state index contributed by atoms with van der Waals surface area (Å²) in [5.74, 6) is 0.158. The number of hydrogen-bond donors (Lipinski definition) is 0. The molecule has 0 spiro atoms. The third-order valence-electron chi connectivity index (χ3n) is 6.30. The second-order valence-corrected chi connectivity index (χ2v) is 10.4. The van der Waals surface area contributed by atoms with Crippen LogP contribution in [0.1, 0.15) is 43.9 Å². The van der Waals surface area contributed by atoms with Gasteiger partial charge in [-0.2, -0.15) is 0 Å². The molecule has 0 bridgehead atoms. The van der Waals surface area contributed by atoms with Crippen LogP contribution >= 0.6 is 22.9 Å². The van der Waals surface area contributed by atoms with Gasteiger partial charge in [-0.05, 0) is 54.8 Å². The molecule has 5 aromatic rings. The average molecular weight is 530 g/mol. The maximum Gasteiger partial charge on any atom is 0.297 e. The van der Waals surface area contributed by atoms with E-state index >= 15 is 0 Å². The van der Waals surface area contributed by atoms with E-state index in [0.717, 1.165) is 11.1 Å². The monoisotopic (exact) mass is 529 g/mol. The Labute approximate surface area is 220 Å². The van der Waals surface area contributed by atoms with Crippen molar-refractivity contribution in [2.45, 2.75) is 26.5 Å². The molecule has 0 N–H and O–H groups in total. The molecule has 3 heterocycles. The van der Waals surface area contributed by atoms with Crippen molar-refractivity contribution in [3.8, 4) is 5.75 Å². The quantitative estimate of drug-likeness (QED) is 0.268. The van der Waals surface area contributed by atoms with Crippen LogP contribution in [0.5, 0.6) is 5.75 Å². The molecule has 0 aliphatic carbocycles. The van der Waals surface area contributed by atoms with Crippen molar-refractivity contribution in [2.24, 2.45) is 0 Å². The van der Waals surface area contributed by atoms with E-state index in [-0.39, 0.29) is 16.8 Å². The largest absolute Gasteiger partial charge is 0.489 e. The highest BCUT2D eigenvalue weighted by atomic mass is 35.5. The summed E-state index contributed by atoms with van der Waals surface area (Å²) in [7, 11) is 0. The zero-order valence-corrected chi connectivity index (χ0v) is 21.5. The van der Waals surface area contributed by atoms with Crippen molar-refractivity contribution in [2.75, 3.05) is 4.90 Å². The molecule has 0 saturated heterocycles. The highest BCUT2D eigenvalue weighted by Gasteiger charge is 2.45. The fourth-order valence-electron chi connectivity index (χ4n) is 4.50. The summed E-state index contributed by atoms with van der Waals surface area (Å²) < 4.78 is 12.1. The standard InChI is InChI=1S/C28H20ClN3O4S/c1-15-11-22-20(13-21(15)29)25(33)23-24(32(27(34)26(23)36-22)28-31-30-16(2)37-28)18-9-6-10-19(12-18)35-14-17-7-4-3-5-8-17/h3-13,24H,14H2,1-2H3. The molecular weight excluding hydrogens is 510 g/mol. The zero-order chi connectivity index (χ0) is 25.7. The third kappa shape index (κ3) is 4.08. The summed E-state index contributed by atoms with van der Waals surface area (Å²) in [5, 5.41) is 10.2. The summed E-state index contributed by atoms with van der Waals surface area (Å²) in [6, 6.07) is 19.7. The van der Waals surface area contributed by atoms with Crippen LogP contribution in [-0.4, -0.2) is 16.1 Å². The number of halogens is 1. The first-order valence-electron chi connectivity index (χ1n) is 11.6. The lowest BCUT2D eigenvalue weighted by Crippen LogP contribution is -2.29. The molecule has 184 valence electrons. The highest BCUT2D eigenvalue weighted by Crippen LogP contribution is 2.43. The molecule has 0 saturated carbocycles. The molecule has 3 aromatic carbocycles. The van der Waals surface area contributed by atoms with Gasteiger partial charge >= 0.3 is 0 Å². The smallest absolute Gasteiger partial charge is 0.297 e. The lowest BCUT2D eigenvalue weighted by Gasteiger charge is -2.22. The van der Waals surface area contributed by atoms with Crippen LogP contribution in [0.25, 0.3) is 11.0 Å². The molecule has 1 atom stereocenters. The molecule has 6 rings (SSSR count). The van der Waals surface area contributed by atoms with Gasteiger partial charge in [0.2, 0.25) is 10.9 Å². The maximum absolute atomic E-state index is 13.8. The van der Waals surface area contributed by atoms with Gasteiger partial charge in [-0.25, -0.2) is 0 Å². The molecule has 0 radical (unpaired) electrons. The van der Waals surface area contributed by atoms with E-state index in [9.17, 15) is 9.59 Å². The molecule has 1 amide bonds. The summed E-state index contributed by atoms with van der Waals surface area (Å²) >= 11 is 7.61. The number of aryl methyl sites for hydroxylation is 2. The maximum atomic E-state index is 13.8. The van der Waals surface area contributed by atoms with Crippen LogP contribution < -0.4 is 15.1 Å². The number of nitrogens with zero attached hydrogens (tertiary/aromatic N) is 3. The molecular formula is C28H20ClN3O4S. The number of fused-ring (bicyclic) bond motifs is 2. The number of amides is 1. The Kier molecular flexibility index (Phi) is 5.78. The number of benzene rings is 3. The summed E-state index contributed by atoms with van der Waals surface area (Å²) in [4.78, 5) is 29.0. The van der Waals surface area contributed by atoms with E-state index in [1.54, 1.807) is 12.1 Å². The van der Waals surface area contributed by atoms with E-state index in [1.165, 1.54) is 16.2 Å². The first-order chi connectivity index (χ1) is 17.9. The number of carbonyl (C=O) groups is 1. The second kappa shape index (κ2) is 9.14. The summed E-state index contributed by atoms with van der Waals surface area (Å²) in [5.41, 5.74) is 2.71. The topological polar surface area (TPSA) is 85.5 Å². The Morgan fingerprint density at radius 3 is 2.59 bits per heavy atom. The first kappa shape index (κ1) is 23.4. The molecule has 9 heteroatoms. The molecule has 1 aliphatic heterocycles. The fraction of sp³-hybridized carbons (Fsp3) is 0.143. The van der Waals surface area contributed by atoms with Crippen molar-refractivity contribution in [1.82, 2.24) is 10.2 Å². The number of carbonyl (C=O) groups excluding carboxylic acids is 1. The van der Waals surface area contributed by atoms with Crippen LogP contribution in [0.2, 0.25) is 5.02 Å². The number of anilines is 1. The normalized spacial score (nSPS) is 14.8. The van der Waals surface area contributed by atoms with Crippen molar-refractivity contribution in [3.63, 3.8) is 0 Å². The van der Waals surface area contributed by atoms with Crippen LogP contribution in [-0.2, 0) is 6.61 Å². The number of ether oxygens (including phenoxy) is 1. The van der Waals surface area contributed by atoms with Gasteiger partial charge in [-0.15, -0.1) is 10.2 Å². The minimum atomic E-state index is -0.768. The molecule has 7 nitrogen and oxygen atoms in total. The van der Waals surface area contributed by atoms with Crippen molar-refractivity contribution in [3.05, 3.63) is 115 Å². The van der Waals surface area contributed by atoms with Gasteiger partial charge in [0.1, 0.15) is 22.9 Å². The predicted molar refractivity (Wildman–Crippen MR) is 143 cm³/mol. The minimum absolute atomic E-state index is 0.00678. The number of aromatic nitrogens is 2. The van der Waals surface area contributed by atoms with Crippen LogP contribution in [0.3, 0.4) is 0 Å². The van der Waals surface area contributed by atoms with E-state index in [4.69, 9.17) is 20.8 Å². The van der Waals surface area contributed by atoms with Gasteiger partial charge < -0.3 is 9.15 Å². The van der Waals surface area contributed by atoms with Gasteiger partial charge in [-0.1, -0.05) is 65.4 Å². The van der Waals surface area contributed by atoms with Gasteiger partial charge in [-0.3, -0.25) is 14.5 Å². The van der Waals surface area contributed by atoms with E-state index in [0.29, 0.717) is 44.1 Å². The summed E-state index contributed by atoms with van der Waals surface area (Å²) in [6.45, 7) is 4.01. The second-order valence-electron chi connectivity index (χ2n) is 8.80. The lowest BCUT2D eigenvalue weighted by molar-refractivity contribution is 0.0970. The van der Waals surface area contributed by atoms with Gasteiger partial charge in [0, 0.05) is 5.02 Å². The van der Waals surface area contributed by atoms with Gasteiger partial charge in [0.15, 0.2) is 5.43 Å². The van der Waals surface area contributed by atoms with Crippen LogP contribution in [0, 0.1) is 13.8 Å². The van der Waals surface area contributed by atoms with Crippen molar-refractivity contribution in [1.29, 1.82) is 0 Å². The van der Waals surface area contributed by atoms with E-state index in [1.807, 2.05) is 68.4 Å². The molecule has 1 aliphatic rings. The Bertz CT molecular complexity index is 1730. The molecule has 1 unspecified atom stereocenters. The van der Waals surface area contributed by atoms with Crippen LogP contribution in [0.4, 0.5) is 5.13 Å². The Morgan fingerprint density at radius 2 is 1.84 bits per heavy atom. The minimum Gasteiger partial charge on any atom is -0.489 e. The van der Waals surface area contributed by atoms with Crippen molar-refractivity contribution < 1.29 is 13.9 Å². The Morgan fingerprint density at radius 1 is 1.03 bits per heavy atom. The number of hydrogen-bond acceptors (Lipinski definition) is 7. The van der Waals surface area contributed by atoms with E-state index in [2.05, 4.69) is 10.2 Å². The molecule has 0 fully saturated rings. The zero-order valence-electron chi connectivity index (χ0n) is 19.9. The highest BCUT2D eigenvalue weighted by molar-refractivity contribution is 7.15. The average Bonchev–Trinajstić information content (AvgIpc) is 3.45. The van der Waals surface area contributed by atoms with Gasteiger partial charge in [0.05, 0.1) is 17.0 Å². The van der Waals surface area contributed by atoms with Crippen LogP contribution in [0.15, 0.2) is 75.9 Å². The SMILES string of the molecule is Cc1nnc(N2C(=O)c3oc4cc(C)c(Cl)cc4c(=O)c3C2c2cccc(OCc3ccccc3)c2)s1. The van der Waals surface area contributed by atoms with E-state index < -0.39 is 11.9 Å². The first-order valence-corrected chi connectivity index (χ1v) is 12.8. The number of rotatable bonds is 5. The third-order valence-corrected chi connectivity index (χ3v) is 7.54. The van der Waals surface area contributed by atoms with Crippen molar-refractivity contribution >= 4 is 44.9 Å². The lowest BCUT2D eigenvalue weighted by atomic mass is 9.98. The van der Waals surface area contributed by atoms with Gasteiger partial charge in [0.25, 0.3) is 5.91 Å². The Balaban J connectivity index is 1.50. The molecule has 2 aromatic heterocycles. The Hall–Kier alpha value is -4.01. The molecule has 37 heavy (non-hydrogen) atoms. The fourth-order valence-corrected chi connectivity index (χ4v) is 5.38. The predicted octanol–water partition coefficient (Wildman–Crippen LogP) is 6.24. The summed E-state index contributed by atoms with van der Waals surface area (Å²) in [6.07, 6.45) is 0.